The van der Waals surface area contributed by atoms with Crippen LogP contribution in [0.3, 0.4) is 0 Å². The Morgan fingerprint density at radius 3 is 1.82 bits per heavy atom. The van der Waals surface area contributed by atoms with Crippen LogP contribution in [0.1, 0.15) is 0 Å². The molecule has 0 bridgehead atoms. The van der Waals surface area contributed by atoms with E-state index in [-0.39, 0.29) is 0 Å². The van der Waals surface area contributed by atoms with E-state index in [1.54, 1.807) is 6.08 Å². The number of rotatable bonds is 3. The molecule has 0 aliphatic rings. The smallest absolute Gasteiger partial charge is 0.466 e. The number of phosphoric acid groups is 1. The van der Waals surface area contributed by atoms with Crippen LogP contribution in [0, 0.1) is 0 Å². The molecule has 6 heteroatoms. The van der Waals surface area contributed by atoms with Gasteiger partial charge in [0.25, 0.3) is 0 Å². The van der Waals surface area contributed by atoms with Crippen LogP contribution in [-0.4, -0.2) is 21.3 Å². The highest BCUT2D eigenvalue weighted by Crippen LogP contribution is 2.25. The second-order valence-corrected chi connectivity index (χ2v) is 2.33. The average Bonchev–Trinajstić information content (AvgIpc) is 1.79. The summed E-state index contributed by atoms with van der Waals surface area (Å²) in [6.07, 6.45) is 3.06. The summed E-state index contributed by atoms with van der Waals surface area (Å²) in [4.78, 5) is 21.6. The van der Waals surface area contributed by atoms with Gasteiger partial charge in [0.2, 0.25) is 0 Å². The van der Waals surface area contributed by atoms with Crippen molar-refractivity contribution in [1.29, 1.82) is 0 Å². The highest BCUT2D eigenvalue weighted by atomic mass is 31.2. The second kappa shape index (κ2) is 7.50. The van der Waals surface area contributed by atoms with E-state index in [1.807, 2.05) is 0 Å². The topological polar surface area (TPSA) is 87.0 Å². The summed E-state index contributed by atoms with van der Waals surface area (Å²) >= 11 is 0. The van der Waals surface area contributed by atoms with Gasteiger partial charge in [-0.25, -0.2) is 4.57 Å². The molecule has 0 radical (unpaired) electrons. The van der Waals surface area contributed by atoms with Crippen molar-refractivity contribution in [2.24, 2.45) is 0 Å². The van der Waals surface area contributed by atoms with Crippen LogP contribution in [0.5, 0.6) is 0 Å². The van der Waals surface area contributed by atoms with E-state index in [0.717, 1.165) is 0 Å². The molecule has 0 aromatic carbocycles. The normalized spacial score (nSPS) is 9.00. The molecule has 0 fully saturated rings. The zero-order chi connectivity index (χ0) is 9.33. The lowest BCUT2D eigenvalue weighted by molar-refractivity contribution is 0.275. The third-order valence-corrected chi connectivity index (χ3v) is 0.332. The van der Waals surface area contributed by atoms with E-state index in [0.29, 0.717) is 6.61 Å². The highest BCUT2D eigenvalue weighted by Gasteiger charge is 2.00. The van der Waals surface area contributed by atoms with Crippen LogP contribution in [0.15, 0.2) is 25.5 Å². The third-order valence-electron chi connectivity index (χ3n) is 0.332. The van der Waals surface area contributed by atoms with E-state index < -0.39 is 7.82 Å². The van der Waals surface area contributed by atoms with Gasteiger partial charge in [0.1, 0.15) is 6.61 Å². The molecule has 0 unspecified atom stereocenters. The van der Waals surface area contributed by atoms with Crippen molar-refractivity contribution in [1.82, 2.24) is 0 Å². The van der Waals surface area contributed by atoms with Gasteiger partial charge in [0.05, 0.1) is 6.26 Å². The molecule has 0 amide bonds. The first-order valence-electron chi connectivity index (χ1n) is 2.53. The van der Waals surface area contributed by atoms with Gasteiger partial charge in [-0.15, -0.1) is 0 Å². The van der Waals surface area contributed by atoms with E-state index in [1.165, 1.54) is 6.26 Å². The molecule has 0 heterocycles. The Kier molecular flexibility index (Phi) is 8.87. The molecular formula is C5H11O5P. The van der Waals surface area contributed by atoms with E-state index in [4.69, 9.17) is 19.2 Å². The molecule has 0 aromatic heterocycles. The van der Waals surface area contributed by atoms with Crippen molar-refractivity contribution in [3.05, 3.63) is 25.5 Å². The molecule has 0 atom stereocenters. The standard InChI is InChI=1S/C5H8O.H3O4P/c1-3-5-6-4-2;1-5(2,3)4/h3-4H,1-2,5H2;(H3,1,2,3,4). The van der Waals surface area contributed by atoms with Crippen LogP contribution in [0.25, 0.3) is 0 Å². The molecule has 0 saturated heterocycles. The predicted octanol–water partition coefficient (Wildman–Crippen LogP) is 0.404. The van der Waals surface area contributed by atoms with Crippen molar-refractivity contribution in [3.63, 3.8) is 0 Å². The average molecular weight is 182 g/mol. The minimum Gasteiger partial charge on any atom is -0.498 e. The van der Waals surface area contributed by atoms with Crippen LogP contribution >= 0.6 is 7.82 Å². The first-order valence-corrected chi connectivity index (χ1v) is 4.10. The van der Waals surface area contributed by atoms with Crippen molar-refractivity contribution >= 4 is 7.82 Å². The van der Waals surface area contributed by atoms with E-state index in [9.17, 15) is 0 Å². The van der Waals surface area contributed by atoms with Gasteiger partial charge < -0.3 is 19.4 Å². The summed E-state index contributed by atoms with van der Waals surface area (Å²) in [5.41, 5.74) is 0. The first kappa shape index (κ1) is 13.0. The van der Waals surface area contributed by atoms with Gasteiger partial charge in [-0.2, -0.15) is 0 Å². The Hall–Kier alpha value is -0.610. The van der Waals surface area contributed by atoms with Gasteiger partial charge in [0.15, 0.2) is 0 Å². The molecule has 0 aliphatic heterocycles. The van der Waals surface area contributed by atoms with Crippen LogP contribution < -0.4 is 0 Å². The fraction of sp³-hybridized carbons (Fsp3) is 0.200. The highest BCUT2D eigenvalue weighted by molar-refractivity contribution is 7.45. The van der Waals surface area contributed by atoms with Gasteiger partial charge in [-0.1, -0.05) is 19.2 Å². The lowest BCUT2D eigenvalue weighted by Gasteiger charge is -1.86. The fourth-order valence-corrected chi connectivity index (χ4v) is 0.136. The molecule has 0 aliphatic carbocycles. The third kappa shape index (κ3) is 89.8. The Bertz CT molecular complexity index is 133. The minimum atomic E-state index is -4.64. The monoisotopic (exact) mass is 182 g/mol. The van der Waals surface area contributed by atoms with Crippen molar-refractivity contribution in [2.45, 2.75) is 0 Å². The molecule has 0 aromatic rings. The summed E-state index contributed by atoms with van der Waals surface area (Å²) in [6, 6.07) is 0. The maximum atomic E-state index is 8.88. The van der Waals surface area contributed by atoms with Gasteiger partial charge >= 0.3 is 7.82 Å². The van der Waals surface area contributed by atoms with Gasteiger partial charge in [0, 0.05) is 0 Å². The molecule has 0 rings (SSSR count). The molecule has 0 saturated carbocycles. The van der Waals surface area contributed by atoms with Crippen molar-refractivity contribution in [3.8, 4) is 0 Å². The Morgan fingerprint density at radius 2 is 1.73 bits per heavy atom. The largest absolute Gasteiger partial charge is 0.498 e. The van der Waals surface area contributed by atoms with Crippen LogP contribution in [0.2, 0.25) is 0 Å². The molecule has 3 N–H and O–H groups in total. The zero-order valence-corrected chi connectivity index (χ0v) is 6.78. The molecule has 0 spiro atoms. The number of ether oxygens (including phenoxy) is 1. The maximum Gasteiger partial charge on any atom is 0.466 e. The van der Waals surface area contributed by atoms with Crippen LogP contribution in [-0.2, 0) is 9.30 Å². The Labute approximate surface area is 64.9 Å². The Balaban J connectivity index is 0. The summed E-state index contributed by atoms with van der Waals surface area (Å²) in [5, 5.41) is 0. The van der Waals surface area contributed by atoms with Crippen molar-refractivity contribution < 1.29 is 24.0 Å². The predicted molar refractivity (Wildman–Crippen MR) is 40.6 cm³/mol. The zero-order valence-electron chi connectivity index (χ0n) is 5.88. The second-order valence-electron chi connectivity index (χ2n) is 1.30. The SMILES string of the molecule is C=CCOC=C.O=P(O)(O)O. The van der Waals surface area contributed by atoms with Crippen molar-refractivity contribution in [2.75, 3.05) is 6.61 Å². The lowest BCUT2D eigenvalue weighted by atomic mass is 10.7. The Morgan fingerprint density at radius 1 is 1.36 bits per heavy atom. The quantitative estimate of drug-likeness (QED) is 0.254. The molecule has 5 nitrogen and oxygen atoms in total. The van der Waals surface area contributed by atoms with Gasteiger partial charge in [-0.05, 0) is 0 Å². The summed E-state index contributed by atoms with van der Waals surface area (Å²) in [5.74, 6) is 0. The van der Waals surface area contributed by atoms with Gasteiger partial charge in [-0.3, -0.25) is 0 Å². The minimum absolute atomic E-state index is 0.559. The van der Waals surface area contributed by atoms with Crippen LogP contribution in [0.4, 0.5) is 0 Å². The van der Waals surface area contributed by atoms with E-state index >= 15 is 0 Å². The lowest BCUT2D eigenvalue weighted by Crippen LogP contribution is -1.75. The maximum absolute atomic E-state index is 8.88. The summed E-state index contributed by atoms with van der Waals surface area (Å²) < 4.78 is 13.5. The fourth-order valence-electron chi connectivity index (χ4n) is 0.136. The number of hydrogen-bond acceptors (Lipinski definition) is 2. The summed E-state index contributed by atoms with van der Waals surface area (Å²) in [6.45, 7) is 7.31. The summed E-state index contributed by atoms with van der Waals surface area (Å²) in [7, 11) is -4.64. The van der Waals surface area contributed by atoms with E-state index in [2.05, 4.69) is 17.9 Å². The first-order chi connectivity index (χ1) is 4.91. The molecule has 11 heavy (non-hydrogen) atoms. The molecular weight excluding hydrogens is 171 g/mol. The molecule has 66 valence electrons. The number of hydrogen-bond donors (Lipinski definition) is 3.